The van der Waals surface area contributed by atoms with Crippen molar-refractivity contribution in [1.29, 1.82) is 0 Å². The van der Waals surface area contributed by atoms with E-state index in [1.165, 1.54) is 0 Å². The van der Waals surface area contributed by atoms with E-state index in [0.717, 1.165) is 35.6 Å². The summed E-state index contributed by atoms with van der Waals surface area (Å²) in [6, 6.07) is 1.89. The van der Waals surface area contributed by atoms with Crippen LogP contribution in [0.4, 0.5) is 5.82 Å². The number of anilines is 1. The van der Waals surface area contributed by atoms with Crippen LogP contribution in [0, 0.1) is 0 Å². The molecule has 0 spiro atoms. The molecule has 0 aromatic carbocycles. The number of aromatic nitrogens is 2. The first-order chi connectivity index (χ1) is 8.46. The molecule has 5 heteroatoms. The van der Waals surface area contributed by atoms with Crippen molar-refractivity contribution in [3.8, 4) is 0 Å². The second-order valence-electron chi connectivity index (χ2n) is 4.79. The summed E-state index contributed by atoms with van der Waals surface area (Å²) in [6.45, 7) is 9.68. The highest BCUT2D eigenvalue weighted by molar-refractivity contribution is 9.10. The Labute approximate surface area is 118 Å². The lowest BCUT2D eigenvalue weighted by atomic mass is 10.1. The standard InChI is InChI=1S/C13H22BrN3O/c1-5-7-11-16-10(14)8-12(17-11)15-9-13(3,4)18-6-2/h8H,5-7,9H2,1-4H3,(H,15,16,17). The Bertz CT molecular complexity index is 382. The van der Waals surface area contributed by atoms with Crippen LogP contribution in [0.3, 0.4) is 0 Å². The molecule has 4 nitrogen and oxygen atoms in total. The third-order valence-electron chi connectivity index (χ3n) is 2.45. The fourth-order valence-corrected chi connectivity index (χ4v) is 2.06. The van der Waals surface area contributed by atoms with Crippen molar-refractivity contribution in [1.82, 2.24) is 9.97 Å². The number of hydrogen-bond donors (Lipinski definition) is 1. The second kappa shape index (κ2) is 7.04. The number of halogens is 1. The quantitative estimate of drug-likeness (QED) is 0.783. The highest BCUT2D eigenvalue weighted by Crippen LogP contribution is 2.15. The first-order valence-electron chi connectivity index (χ1n) is 6.38. The average Bonchev–Trinajstić information content (AvgIpc) is 2.26. The predicted octanol–water partition coefficient (Wildman–Crippen LogP) is 3.42. The molecular weight excluding hydrogens is 294 g/mol. The van der Waals surface area contributed by atoms with Gasteiger partial charge in [0.05, 0.1) is 5.60 Å². The molecule has 0 fully saturated rings. The van der Waals surface area contributed by atoms with E-state index in [0.29, 0.717) is 6.61 Å². The average molecular weight is 316 g/mol. The van der Waals surface area contributed by atoms with Crippen molar-refractivity contribution in [3.05, 3.63) is 16.5 Å². The van der Waals surface area contributed by atoms with Gasteiger partial charge in [-0.05, 0) is 43.1 Å². The fourth-order valence-electron chi connectivity index (χ4n) is 1.64. The Morgan fingerprint density at radius 2 is 2.06 bits per heavy atom. The maximum absolute atomic E-state index is 5.64. The maximum Gasteiger partial charge on any atom is 0.132 e. The Hall–Kier alpha value is -0.680. The lowest BCUT2D eigenvalue weighted by molar-refractivity contribution is 0.000636. The van der Waals surface area contributed by atoms with E-state index in [1.807, 2.05) is 13.0 Å². The molecule has 18 heavy (non-hydrogen) atoms. The molecule has 0 amide bonds. The molecule has 1 N–H and O–H groups in total. The van der Waals surface area contributed by atoms with E-state index in [9.17, 15) is 0 Å². The minimum Gasteiger partial charge on any atom is -0.374 e. The monoisotopic (exact) mass is 315 g/mol. The van der Waals surface area contributed by atoms with Crippen LogP contribution >= 0.6 is 15.9 Å². The van der Waals surface area contributed by atoms with Crippen molar-refractivity contribution in [2.45, 2.75) is 46.1 Å². The van der Waals surface area contributed by atoms with Gasteiger partial charge < -0.3 is 10.1 Å². The zero-order valence-electron chi connectivity index (χ0n) is 11.6. The molecule has 1 aromatic rings. The van der Waals surface area contributed by atoms with Crippen LogP contribution in [-0.2, 0) is 11.2 Å². The lowest BCUT2D eigenvalue weighted by Gasteiger charge is -2.25. The largest absolute Gasteiger partial charge is 0.374 e. The van der Waals surface area contributed by atoms with Gasteiger partial charge in [-0.25, -0.2) is 9.97 Å². The summed E-state index contributed by atoms with van der Waals surface area (Å²) in [6.07, 6.45) is 1.93. The van der Waals surface area contributed by atoms with Crippen LogP contribution in [0.1, 0.15) is 39.9 Å². The van der Waals surface area contributed by atoms with Gasteiger partial charge in [0.15, 0.2) is 0 Å². The smallest absolute Gasteiger partial charge is 0.132 e. The summed E-state index contributed by atoms with van der Waals surface area (Å²) in [5.41, 5.74) is -0.197. The maximum atomic E-state index is 5.64. The highest BCUT2D eigenvalue weighted by atomic mass is 79.9. The number of rotatable bonds is 7. The molecule has 0 aliphatic rings. The second-order valence-corrected chi connectivity index (χ2v) is 5.60. The van der Waals surface area contributed by atoms with Gasteiger partial charge in [0.1, 0.15) is 16.2 Å². The van der Waals surface area contributed by atoms with Crippen LogP contribution < -0.4 is 5.32 Å². The number of nitrogens with one attached hydrogen (secondary N) is 1. The summed E-state index contributed by atoms with van der Waals surface area (Å²) in [4.78, 5) is 8.82. The van der Waals surface area contributed by atoms with Gasteiger partial charge in [0.25, 0.3) is 0 Å². The topological polar surface area (TPSA) is 47.0 Å². The molecule has 1 aromatic heterocycles. The van der Waals surface area contributed by atoms with Crippen LogP contribution in [0.25, 0.3) is 0 Å². The fraction of sp³-hybridized carbons (Fsp3) is 0.692. The molecular formula is C13H22BrN3O. The van der Waals surface area contributed by atoms with E-state index in [4.69, 9.17) is 4.74 Å². The van der Waals surface area contributed by atoms with Gasteiger partial charge in [0.2, 0.25) is 0 Å². The Morgan fingerprint density at radius 3 is 2.67 bits per heavy atom. The van der Waals surface area contributed by atoms with Crippen molar-refractivity contribution in [2.75, 3.05) is 18.5 Å². The Kier molecular flexibility index (Phi) is 6.02. The van der Waals surface area contributed by atoms with E-state index in [-0.39, 0.29) is 5.60 Å². The van der Waals surface area contributed by atoms with Gasteiger partial charge in [-0.15, -0.1) is 0 Å². The molecule has 0 bridgehead atoms. The van der Waals surface area contributed by atoms with Gasteiger partial charge in [0, 0.05) is 25.6 Å². The summed E-state index contributed by atoms with van der Waals surface area (Å²) in [7, 11) is 0. The molecule has 1 heterocycles. The van der Waals surface area contributed by atoms with Crippen molar-refractivity contribution in [2.24, 2.45) is 0 Å². The van der Waals surface area contributed by atoms with Gasteiger partial charge in [-0.2, -0.15) is 0 Å². The molecule has 0 unspecified atom stereocenters. The van der Waals surface area contributed by atoms with Crippen LogP contribution in [0.15, 0.2) is 10.7 Å². The molecule has 0 aliphatic heterocycles. The Morgan fingerprint density at radius 1 is 1.33 bits per heavy atom. The van der Waals surface area contributed by atoms with E-state index >= 15 is 0 Å². The van der Waals surface area contributed by atoms with Crippen molar-refractivity contribution in [3.63, 3.8) is 0 Å². The third kappa shape index (κ3) is 5.31. The molecule has 1 rings (SSSR count). The van der Waals surface area contributed by atoms with E-state index < -0.39 is 0 Å². The SMILES string of the molecule is CCCc1nc(Br)cc(NCC(C)(C)OCC)n1. The summed E-state index contributed by atoms with van der Waals surface area (Å²) >= 11 is 3.41. The normalized spacial score (nSPS) is 11.6. The molecule has 0 atom stereocenters. The summed E-state index contributed by atoms with van der Waals surface area (Å²) in [5, 5.41) is 3.30. The number of hydrogen-bond acceptors (Lipinski definition) is 4. The molecule has 0 radical (unpaired) electrons. The van der Waals surface area contributed by atoms with E-state index in [2.05, 4.69) is 52.0 Å². The van der Waals surface area contributed by atoms with Crippen LogP contribution in [0.2, 0.25) is 0 Å². The van der Waals surface area contributed by atoms with Gasteiger partial charge in [-0.1, -0.05) is 6.92 Å². The molecule has 0 saturated carbocycles. The lowest BCUT2D eigenvalue weighted by Crippen LogP contribution is -2.33. The zero-order valence-corrected chi connectivity index (χ0v) is 13.2. The Balaban J connectivity index is 2.66. The van der Waals surface area contributed by atoms with Gasteiger partial charge in [-0.3, -0.25) is 0 Å². The number of ether oxygens (including phenoxy) is 1. The third-order valence-corrected chi connectivity index (χ3v) is 2.85. The molecule has 0 aliphatic carbocycles. The summed E-state index contributed by atoms with van der Waals surface area (Å²) in [5.74, 6) is 1.71. The minimum atomic E-state index is -0.197. The minimum absolute atomic E-state index is 0.197. The number of nitrogens with zero attached hydrogens (tertiary/aromatic N) is 2. The van der Waals surface area contributed by atoms with Crippen LogP contribution in [0.5, 0.6) is 0 Å². The zero-order chi connectivity index (χ0) is 13.6. The van der Waals surface area contributed by atoms with Crippen molar-refractivity contribution >= 4 is 21.7 Å². The number of aryl methyl sites for hydroxylation is 1. The van der Waals surface area contributed by atoms with Gasteiger partial charge >= 0.3 is 0 Å². The van der Waals surface area contributed by atoms with E-state index in [1.54, 1.807) is 0 Å². The first-order valence-corrected chi connectivity index (χ1v) is 7.17. The predicted molar refractivity (Wildman–Crippen MR) is 77.9 cm³/mol. The molecule has 0 saturated heterocycles. The first kappa shape index (κ1) is 15.4. The molecule has 102 valence electrons. The summed E-state index contributed by atoms with van der Waals surface area (Å²) < 4.78 is 6.46. The van der Waals surface area contributed by atoms with Crippen LogP contribution in [-0.4, -0.2) is 28.7 Å². The van der Waals surface area contributed by atoms with Crippen molar-refractivity contribution < 1.29 is 4.74 Å². The highest BCUT2D eigenvalue weighted by Gasteiger charge is 2.17.